The molecular formula is C23H15ClFN3O. The smallest absolute Gasteiger partial charge is 0.251 e. The number of aryl methyl sites for hydroxylation is 1. The maximum absolute atomic E-state index is 15.1. The minimum Gasteiger partial charge on any atom is -0.310 e. The van der Waals surface area contributed by atoms with Gasteiger partial charge in [-0.2, -0.15) is 5.26 Å². The number of pyridine rings is 2. The van der Waals surface area contributed by atoms with E-state index in [-0.39, 0.29) is 11.3 Å². The van der Waals surface area contributed by atoms with Gasteiger partial charge in [0.2, 0.25) is 0 Å². The number of nitriles is 1. The van der Waals surface area contributed by atoms with Crippen LogP contribution in [0.5, 0.6) is 0 Å². The van der Waals surface area contributed by atoms with Crippen molar-refractivity contribution < 1.29 is 4.39 Å². The molecule has 142 valence electrons. The molecule has 0 aliphatic carbocycles. The van der Waals surface area contributed by atoms with Crippen molar-refractivity contribution in [3.05, 3.63) is 98.9 Å². The minimum atomic E-state index is -1.44. The zero-order chi connectivity index (χ0) is 20.5. The van der Waals surface area contributed by atoms with Gasteiger partial charge in [0.1, 0.15) is 0 Å². The second-order valence-electron chi connectivity index (χ2n) is 6.67. The highest BCUT2D eigenvalue weighted by Gasteiger charge is 2.17. The Morgan fingerprint density at radius 3 is 2.59 bits per heavy atom. The number of hydrogen-bond donors (Lipinski definition) is 0. The van der Waals surface area contributed by atoms with Crippen molar-refractivity contribution in [2.75, 3.05) is 0 Å². The average Bonchev–Trinajstić information content (AvgIpc) is 2.76. The number of benzene rings is 2. The topological polar surface area (TPSA) is 58.7 Å². The van der Waals surface area contributed by atoms with E-state index in [2.05, 4.69) is 11.1 Å². The number of rotatable bonds is 3. The van der Waals surface area contributed by atoms with Gasteiger partial charge in [0.25, 0.3) is 5.56 Å². The summed E-state index contributed by atoms with van der Waals surface area (Å²) in [5.74, 6) is 0. The molecule has 1 atom stereocenters. The van der Waals surface area contributed by atoms with Crippen LogP contribution < -0.4 is 5.56 Å². The normalized spacial score (nSPS) is 11.9. The summed E-state index contributed by atoms with van der Waals surface area (Å²) < 4.78 is 16.6. The lowest BCUT2D eigenvalue weighted by molar-refractivity contribution is 0.394. The Morgan fingerprint density at radius 2 is 1.86 bits per heavy atom. The molecule has 4 rings (SSSR count). The van der Waals surface area contributed by atoms with E-state index in [1.165, 1.54) is 10.6 Å². The van der Waals surface area contributed by atoms with E-state index >= 15 is 4.39 Å². The van der Waals surface area contributed by atoms with E-state index in [9.17, 15) is 10.1 Å². The summed E-state index contributed by atoms with van der Waals surface area (Å²) in [6, 6.07) is 20.3. The first kappa shape index (κ1) is 18.9. The van der Waals surface area contributed by atoms with Crippen molar-refractivity contribution in [3.63, 3.8) is 0 Å². The molecule has 6 heteroatoms. The van der Waals surface area contributed by atoms with Crippen molar-refractivity contribution in [1.29, 1.82) is 5.26 Å². The van der Waals surface area contributed by atoms with Crippen LogP contribution >= 0.6 is 11.6 Å². The molecule has 0 N–H and O–H groups in total. The van der Waals surface area contributed by atoms with Gasteiger partial charge in [0.05, 0.1) is 28.4 Å². The summed E-state index contributed by atoms with van der Waals surface area (Å²) in [6.45, 7) is 0. The van der Waals surface area contributed by atoms with Gasteiger partial charge in [-0.15, -0.1) is 0 Å². The third kappa shape index (κ3) is 3.51. The van der Waals surface area contributed by atoms with Crippen LogP contribution in [0.1, 0.15) is 23.0 Å². The Kier molecular flexibility index (Phi) is 4.87. The van der Waals surface area contributed by atoms with Crippen molar-refractivity contribution in [2.24, 2.45) is 7.05 Å². The number of halogens is 2. The Bertz CT molecular complexity index is 1320. The molecule has 0 aliphatic rings. The summed E-state index contributed by atoms with van der Waals surface area (Å²) in [5.41, 5.74) is 3.26. The summed E-state index contributed by atoms with van der Waals surface area (Å²) in [7, 11) is 1.65. The molecule has 2 heterocycles. The predicted molar refractivity (Wildman–Crippen MR) is 112 cm³/mol. The maximum atomic E-state index is 15.1. The van der Waals surface area contributed by atoms with Gasteiger partial charge >= 0.3 is 0 Å². The minimum absolute atomic E-state index is 0.209. The largest absolute Gasteiger partial charge is 0.310 e. The highest BCUT2D eigenvalue weighted by Crippen LogP contribution is 2.31. The van der Waals surface area contributed by atoms with E-state index < -0.39 is 6.17 Å². The highest BCUT2D eigenvalue weighted by atomic mass is 35.5. The van der Waals surface area contributed by atoms with Crippen LogP contribution in [0.2, 0.25) is 5.02 Å². The Labute approximate surface area is 171 Å². The van der Waals surface area contributed by atoms with Crippen LogP contribution in [-0.2, 0) is 7.05 Å². The first-order valence-corrected chi connectivity index (χ1v) is 9.26. The molecule has 29 heavy (non-hydrogen) atoms. The van der Waals surface area contributed by atoms with Crippen LogP contribution in [0.4, 0.5) is 4.39 Å². The third-order valence-corrected chi connectivity index (χ3v) is 5.09. The van der Waals surface area contributed by atoms with E-state index in [1.807, 2.05) is 0 Å². The quantitative estimate of drug-likeness (QED) is 0.473. The van der Waals surface area contributed by atoms with Crippen molar-refractivity contribution >= 4 is 22.6 Å². The molecule has 0 bridgehead atoms. The summed E-state index contributed by atoms with van der Waals surface area (Å²) >= 11 is 5.89. The van der Waals surface area contributed by atoms with E-state index in [0.717, 1.165) is 0 Å². The van der Waals surface area contributed by atoms with Crippen LogP contribution in [0.25, 0.3) is 22.2 Å². The van der Waals surface area contributed by atoms with Gasteiger partial charge in [-0.25, -0.2) is 9.37 Å². The van der Waals surface area contributed by atoms with Gasteiger partial charge in [0.15, 0.2) is 6.17 Å². The maximum Gasteiger partial charge on any atom is 0.251 e. The summed E-state index contributed by atoms with van der Waals surface area (Å²) in [6.07, 6.45) is -1.44. The number of aromatic nitrogens is 2. The first-order valence-electron chi connectivity index (χ1n) is 8.88. The predicted octanol–water partition coefficient (Wildman–Crippen LogP) is 5.18. The Hall–Kier alpha value is -3.49. The fraction of sp³-hybridized carbons (Fsp3) is 0.0870. The Morgan fingerprint density at radius 1 is 1.10 bits per heavy atom. The number of alkyl halides is 1. The van der Waals surface area contributed by atoms with Crippen molar-refractivity contribution in [3.8, 4) is 17.2 Å². The molecule has 0 saturated heterocycles. The molecular weight excluding hydrogens is 389 g/mol. The van der Waals surface area contributed by atoms with E-state index in [1.54, 1.807) is 67.7 Å². The molecule has 4 nitrogen and oxygen atoms in total. The van der Waals surface area contributed by atoms with Crippen LogP contribution in [-0.4, -0.2) is 9.55 Å². The van der Waals surface area contributed by atoms with Gasteiger partial charge in [0, 0.05) is 23.7 Å². The molecule has 0 saturated carbocycles. The molecule has 4 aromatic rings. The second-order valence-corrected chi connectivity index (χ2v) is 7.10. The SMILES string of the molecule is Cn1c(=O)cc(-c2cccc(C#N)c2)c2nc(C(F)c3ccc(Cl)cc3)ccc21. The molecule has 1 unspecified atom stereocenters. The van der Waals surface area contributed by atoms with Crippen LogP contribution in [0.15, 0.2) is 71.5 Å². The van der Waals surface area contributed by atoms with E-state index in [0.29, 0.717) is 38.3 Å². The molecule has 0 spiro atoms. The lowest BCUT2D eigenvalue weighted by atomic mass is 10.0. The molecule has 0 aliphatic heterocycles. The molecule has 0 fully saturated rings. The summed E-state index contributed by atoms with van der Waals surface area (Å²) in [4.78, 5) is 17.0. The number of hydrogen-bond acceptors (Lipinski definition) is 3. The monoisotopic (exact) mass is 403 g/mol. The molecule has 0 radical (unpaired) electrons. The summed E-state index contributed by atoms with van der Waals surface area (Å²) in [5, 5.41) is 9.72. The van der Waals surface area contributed by atoms with Gasteiger partial charge in [-0.05, 0) is 47.5 Å². The highest BCUT2D eigenvalue weighted by molar-refractivity contribution is 6.30. The number of fused-ring (bicyclic) bond motifs is 1. The third-order valence-electron chi connectivity index (χ3n) is 4.84. The number of nitrogens with zero attached hydrogens (tertiary/aromatic N) is 3. The molecule has 0 amide bonds. The molecule has 2 aromatic carbocycles. The lowest BCUT2D eigenvalue weighted by Gasteiger charge is -2.13. The van der Waals surface area contributed by atoms with Gasteiger partial charge < -0.3 is 4.57 Å². The lowest BCUT2D eigenvalue weighted by Crippen LogP contribution is -2.17. The van der Waals surface area contributed by atoms with Crippen molar-refractivity contribution in [2.45, 2.75) is 6.17 Å². The van der Waals surface area contributed by atoms with Crippen LogP contribution in [0.3, 0.4) is 0 Å². The molecule has 2 aromatic heterocycles. The van der Waals surface area contributed by atoms with Gasteiger partial charge in [-0.3, -0.25) is 4.79 Å². The first-order chi connectivity index (χ1) is 14.0. The zero-order valence-electron chi connectivity index (χ0n) is 15.4. The standard InChI is InChI=1S/C23H15ClFN3O/c1-28-20-10-9-19(22(25)15-5-7-17(24)8-6-15)27-23(20)18(12-21(28)29)16-4-2-3-14(11-16)13-26/h2-12,22H,1H3. The van der Waals surface area contributed by atoms with Crippen LogP contribution in [0, 0.1) is 11.3 Å². The van der Waals surface area contributed by atoms with Gasteiger partial charge in [-0.1, -0.05) is 35.9 Å². The fourth-order valence-electron chi connectivity index (χ4n) is 3.26. The second kappa shape index (κ2) is 7.50. The Balaban J connectivity index is 1.93. The zero-order valence-corrected chi connectivity index (χ0v) is 16.2. The fourth-order valence-corrected chi connectivity index (χ4v) is 3.39. The van der Waals surface area contributed by atoms with Crippen molar-refractivity contribution in [1.82, 2.24) is 9.55 Å². The average molecular weight is 404 g/mol. The van der Waals surface area contributed by atoms with E-state index in [4.69, 9.17) is 11.6 Å².